The number of carbonyl (C=O) groups is 1. The molecule has 6 heteroatoms. The molecule has 0 unspecified atom stereocenters. The minimum Gasteiger partial charge on any atom is -0.298 e. The highest BCUT2D eigenvalue weighted by molar-refractivity contribution is 6.30. The molecule has 0 aromatic heterocycles. The van der Waals surface area contributed by atoms with E-state index in [1.807, 2.05) is 0 Å². The highest BCUT2D eigenvalue weighted by Crippen LogP contribution is 2.34. The van der Waals surface area contributed by atoms with Crippen molar-refractivity contribution in [1.29, 1.82) is 0 Å². The van der Waals surface area contributed by atoms with Crippen LogP contribution in [-0.4, -0.2) is 11.7 Å². The molecular formula is C10H7Cl2F3O. The summed E-state index contributed by atoms with van der Waals surface area (Å²) in [7, 11) is 0. The second-order valence-corrected chi connectivity index (χ2v) is 3.85. The van der Waals surface area contributed by atoms with Crippen LogP contribution in [0.4, 0.5) is 13.2 Å². The van der Waals surface area contributed by atoms with E-state index in [1.54, 1.807) is 0 Å². The predicted molar refractivity (Wildman–Crippen MR) is 55.9 cm³/mol. The van der Waals surface area contributed by atoms with Gasteiger partial charge in [-0.05, 0) is 17.7 Å². The summed E-state index contributed by atoms with van der Waals surface area (Å²) < 4.78 is 37.7. The first-order chi connectivity index (χ1) is 7.34. The Morgan fingerprint density at radius 1 is 1.31 bits per heavy atom. The molecule has 16 heavy (non-hydrogen) atoms. The fourth-order valence-corrected chi connectivity index (χ4v) is 1.49. The van der Waals surface area contributed by atoms with Crippen molar-refractivity contribution < 1.29 is 18.0 Å². The molecule has 1 nitrogen and oxygen atoms in total. The molecule has 0 aliphatic heterocycles. The molecular weight excluding hydrogens is 264 g/mol. The van der Waals surface area contributed by atoms with Gasteiger partial charge in [-0.2, -0.15) is 13.2 Å². The Morgan fingerprint density at radius 2 is 1.94 bits per heavy atom. The van der Waals surface area contributed by atoms with Gasteiger partial charge >= 0.3 is 6.18 Å². The number of alkyl halides is 4. The molecule has 1 aromatic carbocycles. The third-order valence-corrected chi connectivity index (χ3v) is 2.45. The van der Waals surface area contributed by atoms with E-state index in [9.17, 15) is 18.0 Å². The van der Waals surface area contributed by atoms with E-state index in [-0.39, 0.29) is 22.9 Å². The molecule has 0 aliphatic carbocycles. The SMILES string of the molecule is O=C(CCl)Cc1ccc(Cl)cc1C(F)(F)F. The molecule has 0 radical (unpaired) electrons. The summed E-state index contributed by atoms with van der Waals surface area (Å²) >= 11 is 10.7. The number of hydrogen-bond acceptors (Lipinski definition) is 1. The van der Waals surface area contributed by atoms with E-state index in [1.165, 1.54) is 12.1 Å². The number of hydrogen-bond donors (Lipinski definition) is 0. The van der Waals surface area contributed by atoms with E-state index in [0.29, 0.717) is 0 Å². The van der Waals surface area contributed by atoms with Crippen molar-refractivity contribution in [3.8, 4) is 0 Å². The average molecular weight is 271 g/mol. The van der Waals surface area contributed by atoms with Crippen LogP contribution in [0, 0.1) is 0 Å². The monoisotopic (exact) mass is 270 g/mol. The number of benzene rings is 1. The Morgan fingerprint density at radius 3 is 2.44 bits per heavy atom. The molecule has 0 aliphatic rings. The van der Waals surface area contributed by atoms with E-state index in [2.05, 4.69) is 0 Å². The first kappa shape index (κ1) is 13.3. The van der Waals surface area contributed by atoms with Gasteiger partial charge in [0.15, 0.2) is 5.78 Å². The number of Topliss-reactive ketones (excluding diaryl/α,β-unsaturated/α-hetero) is 1. The maximum Gasteiger partial charge on any atom is 0.416 e. The standard InChI is InChI=1S/C10H7Cl2F3O/c11-5-8(16)3-6-1-2-7(12)4-9(6)10(13,14)15/h1-2,4H,3,5H2. The molecule has 1 aromatic rings. The van der Waals surface area contributed by atoms with E-state index < -0.39 is 17.5 Å². The number of ketones is 1. The molecule has 0 amide bonds. The van der Waals surface area contributed by atoms with Crippen molar-refractivity contribution >= 4 is 29.0 Å². The Kier molecular flexibility index (Phi) is 4.21. The molecule has 0 bridgehead atoms. The summed E-state index contributed by atoms with van der Waals surface area (Å²) in [4.78, 5) is 11.0. The zero-order valence-corrected chi connectivity index (χ0v) is 9.46. The number of rotatable bonds is 3. The Bertz CT molecular complexity index is 402. The van der Waals surface area contributed by atoms with Gasteiger partial charge in [0.1, 0.15) is 0 Å². The Balaban J connectivity index is 3.13. The minimum absolute atomic E-state index is 0.0191. The molecule has 1 rings (SSSR count). The molecule has 0 saturated heterocycles. The van der Waals surface area contributed by atoms with Crippen molar-refractivity contribution in [3.63, 3.8) is 0 Å². The van der Waals surface area contributed by atoms with Gasteiger partial charge in [-0.3, -0.25) is 4.79 Å². The fraction of sp³-hybridized carbons (Fsp3) is 0.300. The van der Waals surface area contributed by atoms with Crippen LogP contribution in [0.15, 0.2) is 18.2 Å². The Hall–Kier alpha value is -0.740. The van der Waals surface area contributed by atoms with Crippen LogP contribution in [0.1, 0.15) is 11.1 Å². The van der Waals surface area contributed by atoms with E-state index >= 15 is 0 Å². The van der Waals surface area contributed by atoms with Gasteiger partial charge in [-0.1, -0.05) is 17.7 Å². The van der Waals surface area contributed by atoms with Gasteiger partial charge in [0.05, 0.1) is 11.4 Å². The molecule has 0 heterocycles. The summed E-state index contributed by atoms with van der Waals surface area (Å²) in [5, 5.41) is -0.0191. The second kappa shape index (κ2) is 5.06. The van der Waals surface area contributed by atoms with E-state index in [0.717, 1.165) is 6.07 Å². The third kappa shape index (κ3) is 3.39. The maximum absolute atomic E-state index is 12.6. The largest absolute Gasteiger partial charge is 0.416 e. The smallest absolute Gasteiger partial charge is 0.298 e. The Labute approximate surface area is 100 Å². The van der Waals surface area contributed by atoms with E-state index in [4.69, 9.17) is 23.2 Å². The lowest BCUT2D eigenvalue weighted by Crippen LogP contribution is -2.13. The topological polar surface area (TPSA) is 17.1 Å². The lowest BCUT2D eigenvalue weighted by Gasteiger charge is -2.12. The zero-order valence-electron chi connectivity index (χ0n) is 7.94. The average Bonchev–Trinajstić information content (AvgIpc) is 2.19. The second-order valence-electron chi connectivity index (χ2n) is 3.15. The molecule has 0 fully saturated rings. The number of halogens is 5. The van der Waals surface area contributed by atoms with Gasteiger partial charge in [-0.25, -0.2) is 0 Å². The molecule has 0 saturated carbocycles. The van der Waals surface area contributed by atoms with Gasteiger partial charge < -0.3 is 0 Å². The van der Waals surface area contributed by atoms with Crippen molar-refractivity contribution in [2.24, 2.45) is 0 Å². The quantitative estimate of drug-likeness (QED) is 0.766. The first-order valence-corrected chi connectivity index (χ1v) is 5.19. The fourth-order valence-electron chi connectivity index (χ4n) is 1.23. The van der Waals surface area contributed by atoms with Crippen molar-refractivity contribution in [1.82, 2.24) is 0 Å². The van der Waals surface area contributed by atoms with Crippen LogP contribution in [0.5, 0.6) is 0 Å². The normalized spacial score (nSPS) is 11.6. The summed E-state index contributed by atoms with van der Waals surface area (Å²) in [6, 6.07) is 3.31. The van der Waals surface area contributed by atoms with Crippen LogP contribution in [-0.2, 0) is 17.4 Å². The highest BCUT2D eigenvalue weighted by atomic mass is 35.5. The van der Waals surface area contributed by atoms with Crippen molar-refractivity contribution in [2.45, 2.75) is 12.6 Å². The summed E-state index contributed by atoms with van der Waals surface area (Å²) in [5.41, 5.74) is -0.999. The molecule has 88 valence electrons. The van der Waals surface area contributed by atoms with Gasteiger partial charge in [0.2, 0.25) is 0 Å². The van der Waals surface area contributed by atoms with Crippen LogP contribution < -0.4 is 0 Å². The van der Waals surface area contributed by atoms with Crippen molar-refractivity contribution in [2.75, 3.05) is 5.88 Å². The summed E-state index contributed by atoms with van der Waals surface area (Å²) in [6.07, 6.45) is -4.86. The van der Waals surface area contributed by atoms with Crippen LogP contribution in [0.2, 0.25) is 5.02 Å². The maximum atomic E-state index is 12.6. The molecule has 0 N–H and O–H groups in total. The third-order valence-electron chi connectivity index (χ3n) is 1.91. The number of carbonyl (C=O) groups excluding carboxylic acids is 1. The summed E-state index contributed by atoms with van der Waals surface area (Å²) in [6.45, 7) is 0. The predicted octanol–water partition coefficient (Wildman–Crippen LogP) is 3.71. The molecule has 0 spiro atoms. The highest BCUT2D eigenvalue weighted by Gasteiger charge is 2.33. The zero-order chi connectivity index (χ0) is 12.3. The van der Waals surface area contributed by atoms with Gasteiger partial charge in [-0.15, -0.1) is 11.6 Å². The van der Waals surface area contributed by atoms with Gasteiger partial charge in [0, 0.05) is 11.4 Å². The lowest BCUT2D eigenvalue weighted by atomic mass is 10.0. The minimum atomic E-state index is -4.52. The van der Waals surface area contributed by atoms with Crippen LogP contribution >= 0.6 is 23.2 Å². The molecule has 0 atom stereocenters. The van der Waals surface area contributed by atoms with Gasteiger partial charge in [0.25, 0.3) is 0 Å². The van der Waals surface area contributed by atoms with Crippen LogP contribution in [0.25, 0.3) is 0 Å². The first-order valence-electron chi connectivity index (χ1n) is 4.28. The van der Waals surface area contributed by atoms with Crippen LogP contribution in [0.3, 0.4) is 0 Å². The lowest BCUT2D eigenvalue weighted by molar-refractivity contribution is -0.138. The van der Waals surface area contributed by atoms with Crippen molar-refractivity contribution in [3.05, 3.63) is 34.3 Å². The summed E-state index contributed by atoms with van der Waals surface area (Å²) in [5.74, 6) is -0.769.